The van der Waals surface area contributed by atoms with Gasteiger partial charge in [0.2, 0.25) is 0 Å². The number of rotatable bonds is 3. The van der Waals surface area contributed by atoms with Gasteiger partial charge in [0.05, 0.1) is 6.42 Å². The normalized spacial score (nSPS) is 25.3. The summed E-state index contributed by atoms with van der Waals surface area (Å²) in [6.07, 6.45) is -4.73. The van der Waals surface area contributed by atoms with Crippen LogP contribution in [0, 0.1) is 0 Å². The standard InChI is InChI=1S/C11H21F3N2/c1-9(2)16-7-6-15(10(3)8-16)5-4-11(12,13)14/h9-10H,4-8H2,1-3H3. The molecule has 1 atom stereocenters. The molecule has 0 aromatic rings. The van der Waals surface area contributed by atoms with E-state index >= 15 is 0 Å². The van der Waals surface area contributed by atoms with Gasteiger partial charge in [0.25, 0.3) is 0 Å². The summed E-state index contributed by atoms with van der Waals surface area (Å²) in [5.74, 6) is 0. The van der Waals surface area contributed by atoms with Crippen LogP contribution in [0.3, 0.4) is 0 Å². The van der Waals surface area contributed by atoms with Gasteiger partial charge in [-0.1, -0.05) is 0 Å². The smallest absolute Gasteiger partial charge is 0.298 e. The SMILES string of the molecule is CC(C)N1CCN(CCC(F)(F)F)C(C)C1. The van der Waals surface area contributed by atoms with E-state index in [1.165, 1.54) is 0 Å². The van der Waals surface area contributed by atoms with E-state index in [4.69, 9.17) is 0 Å². The van der Waals surface area contributed by atoms with Gasteiger partial charge in [-0.25, -0.2) is 0 Å². The Morgan fingerprint density at radius 3 is 2.31 bits per heavy atom. The van der Waals surface area contributed by atoms with Crippen LogP contribution in [0.15, 0.2) is 0 Å². The Labute approximate surface area is 95.4 Å². The number of hydrogen-bond donors (Lipinski definition) is 0. The molecule has 0 aliphatic carbocycles. The van der Waals surface area contributed by atoms with Crippen LogP contribution in [-0.2, 0) is 0 Å². The van der Waals surface area contributed by atoms with Gasteiger partial charge in [0.1, 0.15) is 0 Å². The predicted octanol–water partition coefficient (Wildman–Crippen LogP) is 2.35. The fourth-order valence-corrected chi connectivity index (χ4v) is 2.10. The minimum Gasteiger partial charge on any atom is -0.298 e. The van der Waals surface area contributed by atoms with E-state index in [9.17, 15) is 13.2 Å². The molecule has 0 amide bonds. The number of halogens is 3. The third-order valence-electron chi connectivity index (χ3n) is 3.21. The molecular formula is C11H21F3N2. The molecule has 16 heavy (non-hydrogen) atoms. The molecule has 0 aromatic heterocycles. The number of nitrogens with zero attached hydrogens (tertiary/aromatic N) is 2. The van der Waals surface area contributed by atoms with E-state index in [2.05, 4.69) is 18.7 Å². The molecule has 0 aromatic carbocycles. The van der Waals surface area contributed by atoms with Gasteiger partial charge in [-0.05, 0) is 20.8 Å². The second-order valence-electron chi connectivity index (χ2n) is 4.84. The first-order valence-electron chi connectivity index (χ1n) is 5.84. The summed E-state index contributed by atoms with van der Waals surface area (Å²) in [6, 6.07) is 0.700. The van der Waals surface area contributed by atoms with Gasteiger partial charge in [-0.3, -0.25) is 9.80 Å². The van der Waals surface area contributed by atoms with Crippen molar-refractivity contribution in [1.82, 2.24) is 9.80 Å². The largest absolute Gasteiger partial charge is 0.390 e. The fourth-order valence-electron chi connectivity index (χ4n) is 2.10. The first-order chi connectivity index (χ1) is 7.29. The van der Waals surface area contributed by atoms with Crippen LogP contribution in [0.5, 0.6) is 0 Å². The predicted molar refractivity (Wildman–Crippen MR) is 58.4 cm³/mol. The monoisotopic (exact) mass is 238 g/mol. The van der Waals surface area contributed by atoms with Crippen LogP contribution in [-0.4, -0.2) is 54.2 Å². The molecular weight excluding hydrogens is 217 g/mol. The molecule has 0 saturated carbocycles. The molecule has 1 unspecified atom stereocenters. The topological polar surface area (TPSA) is 6.48 Å². The van der Waals surface area contributed by atoms with Crippen molar-refractivity contribution in [3.63, 3.8) is 0 Å². The zero-order chi connectivity index (χ0) is 12.3. The lowest BCUT2D eigenvalue weighted by Gasteiger charge is -2.41. The molecule has 1 heterocycles. The molecule has 1 saturated heterocycles. The Balaban J connectivity index is 2.36. The van der Waals surface area contributed by atoms with Crippen molar-refractivity contribution in [3.05, 3.63) is 0 Å². The van der Waals surface area contributed by atoms with Gasteiger partial charge in [-0.15, -0.1) is 0 Å². The van der Waals surface area contributed by atoms with E-state index in [1.807, 2.05) is 11.8 Å². The van der Waals surface area contributed by atoms with Crippen molar-refractivity contribution in [2.45, 2.75) is 45.5 Å². The summed E-state index contributed by atoms with van der Waals surface area (Å²) in [7, 11) is 0. The van der Waals surface area contributed by atoms with Gasteiger partial charge < -0.3 is 0 Å². The third-order valence-corrected chi connectivity index (χ3v) is 3.21. The van der Waals surface area contributed by atoms with Crippen molar-refractivity contribution < 1.29 is 13.2 Å². The maximum absolute atomic E-state index is 12.1. The molecule has 0 spiro atoms. The van der Waals surface area contributed by atoms with Crippen molar-refractivity contribution in [3.8, 4) is 0 Å². The van der Waals surface area contributed by atoms with Crippen molar-refractivity contribution in [2.24, 2.45) is 0 Å². The molecule has 1 rings (SSSR count). The zero-order valence-electron chi connectivity index (χ0n) is 10.2. The van der Waals surface area contributed by atoms with Crippen molar-refractivity contribution in [2.75, 3.05) is 26.2 Å². The summed E-state index contributed by atoms with van der Waals surface area (Å²) in [5, 5.41) is 0. The Morgan fingerprint density at radius 2 is 1.88 bits per heavy atom. The van der Waals surface area contributed by atoms with E-state index in [1.54, 1.807) is 0 Å². The van der Waals surface area contributed by atoms with Gasteiger partial charge in [-0.2, -0.15) is 13.2 Å². The molecule has 2 nitrogen and oxygen atoms in total. The van der Waals surface area contributed by atoms with Gasteiger partial charge in [0.15, 0.2) is 0 Å². The van der Waals surface area contributed by atoms with E-state index in [-0.39, 0.29) is 12.6 Å². The molecule has 1 fully saturated rings. The van der Waals surface area contributed by atoms with Crippen LogP contribution < -0.4 is 0 Å². The second-order valence-corrected chi connectivity index (χ2v) is 4.84. The summed E-state index contributed by atoms with van der Waals surface area (Å²) in [5.41, 5.74) is 0. The Morgan fingerprint density at radius 1 is 1.25 bits per heavy atom. The van der Waals surface area contributed by atoms with E-state index < -0.39 is 12.6 Å². The van der Waals surface area contributed by atoms with E-state index in [0.717, 1.165) is 19.6 Å². The van der Waals surface area contributed by atoms with Crippen LogP contribution >= 0.6 is 0 Å². The minimum absolute atomic E-state index is 0.136. The highest BCUT2D eigenvalue weighted by Crippen LogP contribution is 2.21. The Hall–Kier alpha value is -0.290. The van der Waals surface area contributed by atoms with Gasteiger partial charge in [0, 0.05) is 38.3 Å². The molecule has 1 aliphatic heterocycles. The first-order valence-corrected chi connectivity index (χ1v) is 5.84. The number of alkyl halides is 3. The highest BCUT2D eigenvalue weighted by atomic mass is 19.4. The molecule has 0 radical (unpaired) electrons. The lowest BCUT2D eigenvalue weighted by Crippen LogP contribution is -2.54. The maximum Gasteiger partial charge on any atom is 0.390 e. The van der Waals surface area contributed by atoms with Crippen molar-refractivity contribution in [1.29, 1.82) is 0 Å². The van der Waals surface area contributed by atoms with Crippen LogP contribution in [0.25, 0.3) is 0 Å². The lowest BCUT2D eigenvalue weighted by molar-refractivity contribution is -0.140. The number of piperazine rings is 1. The Kier molecular flexibility index (Phi) is 4.62. The average molecular weight is 238 g/mol. The summed E-state index contributed by atoms with van der Waals surface area (Å²) < 4.78 is 36.3. The van der Waals surface area contributed by atoms with Crippen LogP contribution in [0.2, 0.25) is 0 Å². The maximum atomic E-state index is 12.1. The molecule has 96 valence electrons. The van der Waals surface area contributed by atoms with Crippen molar-refractivity contribution >= 4 is 0 Å². The number of hydrogen-bond acceptors (Lipinski definition) is 2. The second kappa shape index (κ2) is 5.36. The summed E-state index contributed by atoms with van der Waals surface area (Å²) in [6.45, 7) is 8.88. The zero-order valence-corrected chi connectivity index (χ0v) is 10.2. The molecule has 5 heteroatoms. The molecule has 0 bridgehead atoms. The van der Waals surface area contributed by atoms with Crippen LogP contribution in [0.4, 0.5) is 13.2 Å². The van der Waals surface area contributed by atoms with E-state index in [0.29, 0.717) is 6.04 Å². The third kappa shape index (κ3) is 4.29. The quantitative estimate of drug-likeness (QED) is 0.744. The minimum atomic E-state index is -4.03. The van der Waals surface area contributed by atoms with Crippen LogP contribution in [0.1, 0.15) is 27.2 Å². The lowest BCUT2D eigenvalue weighted by atomic mass is 10.1. The molecule has 0 N–H and O–H groups in total. The fraction of sp³-hybridized carbons (Fsp3) is 1.00. The first kappa shape index (κ1) is 13.8. The van der Waals surface area contributed by atoms with Gasteiger partial charge >= 0.3 is 6.18 Å². The highest BCUT2D eigenvalue weighted by molar-refractivity contribution is 4.81. The summed E-state index contributed by atoms with van der Waals surface area (Å²) in [4.78, 5) is 4.25. The summed E-state index contributed by atoms with van der Waals surface area (Å²) >= 11 is 0. The molecule has 1 aliphatic rings. The highest BCUT2D eigenvalue weighted by Gasteiger charge is 2.31. The average Bonchev–Trinajstić information content (AvgIpc) is 2.14. The Bertz CT molecular complexity index is 216.